The van der Waals surface area contributed by atoms with Crippen molar-refractivity contribution in [2.75, 3.05) is 18.4 Å². The molecule has 0 aliphatic heterocycles. The Morgan fingerprint density at radius 1 is 1.00 bits per heavy atom. The summed E-state index contributed by atoms with van der Waals surface area (Å²) in [6, 6.07) is 3.26. The van der Waals surface area contributed by atoms with Crippen LogP contribution in [0.25, 0.3) is 5.82 Å². The molecule has 0 radical (unpaired) electrons. The van der Waals surface area contributed by atoms with E-state index in [0.717, 1.165) is 18.0 Å². The van der Waals surface area contributed by atoms with Crippen LogP contribution in [0.2, 0.25) is 0 Å². The van der Waals surface area contributed by atoms with Gasteiger partial charge in [-0.25, -0.2) is 28.1 Å². The lowest BCUT2D eigenvalue weighted by Crippen LogP contribution is -2.29. The number of anilines is 1. The van der Waals surface area contributed by atoms with Crippen LogP contribution in [0.3, 0.4) is 0 Å². The first-order valence-corrected chi connectivity index (χ1v) is 11.0. The van der Waals surface area contributed by atoms with Gasteiger partial charge in [-0.1, -0.05) is 0 Å². The van der Waals surface area contributed by atoms with E-state index in [0.29, 0.717) is 17.5 Å². The quantitative estimate of drug-likeness (QED) is 0.262. The molecule has 33 heavy (non-hydrogen) atoms. The Morgan fingerprint density at radius 3 is 2.18 bits per heavy atom. The molecule has 2 N–H and O–H groups in total. The van der Waals surface area contributed by atoms with Gasteiger partial charge in [0.1, 0.15) is 28.8 Å². The lowest BCUT2D eigenvalue weighted by molar-refractivity contribution is -0.395. The summed E-state index contributed by atoms with van der Waals surface area (Å²) in [5, 5.41) is 25.4. The number of aromatic nitrogens is 4. The molecule has 3 rings (SSSR count). The lowest BCUT2D eigenvalue weighted by Gasteiger charge is -2.11. The molecule has 0 amide bonds. The highest BCUT2D eigenvalue weighted by atomic mass is 32.2. The molecule has 0 aliphatic carbocycles. The first kappa shape index (κ1) is 23.7. The van der Waals surface area contributed by atoms with Crippen LogP contribution in [-0.2, 0) is 10.0 Å². The van der Waals surface area contributed by atoms with Crippen molar-refractivity contribution in [2.24, 2.45) is 0 Å². The molecule has 0 bridgehead atoms. The molecule has 0 aliphatic rings. The molecule has 14 nitrogen and oxygen atoms in total. The number of nitrogens with one attached hydrogen (secondary N) is 2. The molecular formula is C18H20N8O6S. The third-order valence-corrected chi connectivity index (χ3v) is 6.09. The van der Waals surface area contributed by atoms with Crippen LogP contribution in [0.4, 0.5) is 17.2 Å². The van der Waals surface area contributed by atoms with Crippen molar-refractivity contribution < 1.29 is 18.3 Å². The van der Waals surface area contributed by atoms with E-state index < -0.39 is 36.1 Å². The summed E-state index contributed by atoms with van der Waals surface area (Å²) in [4.78, 5) is 32.8. The van der Waals surface area contributed by atoms with Gasteiger partial charge in [0.2, 0.25) is 10.0 Å². The molecule has 0 spiro atoms. The molecule has 174 valence electrons. The molecule has 3 aromatic rings. The Kier molecular flexibility index (Phi) is 6.64. The average Bonchev–Trinajstić information content (AvgIpc) is 3.16. The van der Waals surface area contributed by atoms with Gasteiger partial charge in [-0.2, -0.15) is 0 Å². The number of nitro benzene ring substituents is 2. The molecule has 0 fully saturated rings. The fourth-order valence-corrected chi connectivity index (χ4v) is 4.11. The molecule has 0 saturated heterocycles. The fourth-order valence-electron chi connectivity index (χ4n) is 3.04. The van der Waals surface area contributed by atoms with Crippen LogP contribution in [0.15, 0.2) is 35.5 Å². The number of sulfonamides is 1. The van der Waals surface area contributed by atoms with E-state index in [2.05, 4.69) is 25.0 Å². The molecule has 1 aromatic carbocycles. The third-order valence-electron chi connectivity index (χ3n) is 4.65. The zero-order valence-electron chi connectivity index (χ0n) is 17.8. The SMILES string of the molecule is Cc1nc(NCCNS(=O)(=O)c2cc([N+](=O)[O-])c(C)c([N+](=O)[O-])c2)cc(-n2ccnc2C)n1. The summed E-state index contributed by atoms with van der Waals surface area (Å²) in [5.41, 5.74) is -1.53. The lowest BCUT2D eigenvalue weighted by atomic mass is 10.1. The molecule has 0 atom stereocenters. The van der Waals surface area contributed by atoms with Gasteiger partial charge in [-0.15, -0.1) is 0 Å². The summed E-state index contributed by atoms with van der Waals surface area (Å²) in [5.74, 6) is 2.25. The topological polar surface area (TPSA) is 188 Å². The summed E-state index contributed by atoms with van der Waals surface area (Å²) >= 11 is 0. The molecule has 2 heterocycles. The van der Waals surface area contributed by atoms with Crippen molar-refractivity contribution in [2.45, 2.75) is 25.7 Å². The number of hydrogen-bond donors (Lipinski definition) is 2. The van der Waals surface area contributed by atoms with Crippen LogP contribution < -0.4 is 10.0 Å². The predicted octanol–water partition coefficient (Wildman–Crippen LogP) is 1.79. The van der Waals surface area contributed by atoms with E-state index in [-0.39, 0.29) is 18.7 Å². The largest absolute Gasteiger partial charge is 0.369 e. The number of imidazole rings is 1. The Balaban J connectivity index is 1.73. The standard InChI is InChI=1S/C18H20N8O6S/c1-11-15(25(27)28)8-14(9-16(11)26(29)30)33(31,32)21-5-4-20-17-10-18(23-12(2)22-17)24-7-6-19-13(24)3/h6-10,21H,4-5H2,1-3H3,(H,20,22,23). The number of nitrogens with zero attached hydrogens (tertiary/aromatic N) is 6. The molecule has 0 unspecified atom stereocenters. The van der Waals surface area contributed by atoms with E-state index in [1.54, 1.807) is 30.0 Å². The van der Waals surface area contributed by atoms with E-state index in [9.17, 15) is 28.6 Å². The van der Waals surface area contributed by atoms with E-state index in [1.165, 1.54) is 6.92 Å². The van der Waals surface area contributed by atoms with Gasteiger partial charge in [0, 0.05) is 43.7 Å². The van der Waals surface area contributed by atoms with Crippen molar-refractivity contribution in [3.8, 4) is 5.82 Å². The maximum atomic E-state index is 12.6. The molecule has 15 heteroatoms. The Labute approximate surface area is 188 Å². The fraction of sp³-hybridized carbons (Fsp3) is 0.278. The minimum atomic E-state index is -4.24. The van der Waals surface area contributed by atoms with Crippen LogP contribution in [0, 0.1) is 41.0 Å². The first-order chi connectivity index (χ1) is 15.5. The molecule has 2 aromatic heterocycles. The van der Waals surface area contributed by atoms with E-state index >= 15 is 0 Å². The summed E-state index contributed by atoms with van der Waals surface area (Å²) in [6.07, 6.45) is 3.38. The van der Waals surface area contributed by atoms with E-state index in [1.807, 2.05) is 6.92 Å². The Morgan fingerprint density at radius 2 is 1.64 bits per heavy atom. The van der Waals surface area contributed by atoms with Crippen LogP contribution in [0.1, 0.15) is 17.2 Å². The number of hydrogen-bond acceptors (Lipinski definition) is 10. The smallest absolute Gasteiger partial charge is 0.280 e. The van der Waals surface area contributed by atoms with Crippen LogP contribution >= 0.6 is 0 Å². The van der Waals surface area contributed by atoms with Gasteiger partial charge < -0.3 is 5.32 Å². The van der Waals surface area contributed by atoms with Gasteiger partial charge in [-0.3, -0.25) is 24.8 Å². The zero-order valence-corrected chi connectivity index (χ0v) is 18.7. The van der Waals surface area contributed by atoms with Gasteiger partial charge in [-0.05, 0) is 20.8 Å². The summed E-state index contributed by atoms with van der Waals surface area (Å²) < 4.78 is 29.2. The van der Waals surface area contributed by atoms with Gasteiger partial charge in [0.15, 0.2) is 0 Å². The highest BCUT2D eigenvalue weighted by Crippen LogP contribution is 2.31. The number of nitro groups is 2. The van der Waals surface area contributed by atoms with E-state index in [4.69, 9.17) is 0 Å². The monoisotopic (exact) mass is 476 g/mol. The average molecular weight is 476 g/mol. The van der Waals surface area contributed by atoms with Crippen LogP contribution in [-0.4, -0.2) is 50.9 Å². The second-order valence-electron chi connectivity index (χ2n) is 6.93. The highest BCUT2D eigenvalue weighted by molar-refractivity contribution is 7.89. The highest BCUT2D eigenvalue weighted by Gasteiger charge is 2.27. The molecular weight excluding hydrogens is 456 g/mol. The predicted molar refractivity (Wildman–Crippen MR) is 117 cm³/mol. The second-order valence-corrected chi connectivity index (χ2v) is 8.70. The minimum Gasteiger partial charge on any atom is -0.369 e. The van der Waals surface area contributed by atoms with Crippen molar-refractivity contribution in [1.29, 1.82) is 0 Å². The zero-order chi connectivity index (χ0) is 24.3. The van der Waals surface area contributed by atoms with Gasteiger partial charge in [0.25, 0.3) is 11.4 Å². The third kappa shape index (κ3) is 5.27. The Bertz CT molecular complexity index is 1300. The van der Waals surface area contributed by atoms with Gasteiger partial charge in [0.05, 0.1) is 14.7 Å². The van der Waals surface area contributed by atoms with Crippen molar-refractivity contribution in [3.63, 3.8) is 0 Å². The Hall–Kier alpha value is -3.98. The number of benzene rings is 1. The molecule has 0 saturated carbocycles. The van der Waals surface area contributed by atoms with Crippen molar-refractivity contribution >= 4 is 27.2 Å². The minimum absolute atomic E-state index is 0.111. The summed E-state index contributed by atoms with van der Waals surface area (Å²) in [6.45, 7) is 4.72. The summed E-state index contributed by atoms with van der Waals surface area (Å²) in [7, 11) is -4.24. The maximum absolute atomic E-state index is 12.6. The normalized spacial score (nSPS) is 11.4. The van der Waals surface area contributed by atoms with Crippen LogP contribution in [0.5, 0.6) is 0 Å². The van der Waals surface area contributed by atoms with Crippen molar-refractivity contribution in [3.05, 3.63) is 68.0 Å². The van der Waals surface area contributed by atoms with Gasteiger partial charge >= 0.3 is 0 Å². The van der Waals surface area contributed by atoms with Crippen molar-refractivity contribution in [1.82, 2.24) is 24.2 Å². The maximum Gasteiger partial charge on any atom is 0.280 e. The first-order valence-electron chi connectivity index (χ1n) is 9.52. The number of aryl methyl sites for hydroxylation is 2. The second kappa shape index (κ2) is 9.25. The number of rotatable bonds is 9.